The van der Waals surface area contributed by atoms with Crippen LogP contribution in [0.3, 0.4) is 0 Å². The number of likely N-dealkylation sites (tertiary alicyclic amines) is 1. The van der Waals surface area contributed by atoms with Crippen LogP contribution in [-0.2, 0) is 30.4 Å². The van der Waals surface area contributed by atoms with Crippen molar-refractivity contribution in [3.8, 4) is 0 Å². The van der Waals surface area contributed by atoms with Crippen molar-refractivity contribution in [2.45, 2.75) is 70.1 Å². The molecule has 0 aliphatic carbocycles. The topological polar surface area (TPSA) is 195 Å². The summed E-state index contributed by atoms with van der Waals surface area (Å²) in [6.07, 6.45) is 2.47. The SMILES string of the molecule is CCC(C)C(NC(=O)C(N)Cc1c[nH]c2ccccc12)C(=O)NC(CC(=O)O)C(=O)N1CCCC1C(=O)O. The van der Waals surface area contributed by atoms with Crippen molar-refractivity contribution in [3.63, 3.8) is 0 Å². The Bertz CT molecular complexity index is 1200. The molecule has 206 valence electrons. The maximum Gasteiger partial charge on any atom is 0.326 e. The van der Waals surface area contributed by atoms with E-state index in [1.807, 2.05) is 31.2 Å². The minimum Gasteiger partial charge on any atom is -0.481 e. The van der Waals surface area contributed by atoms with Gasteiger partial charge in [-0.3, -0.25) is 19.2 Å². The first-order valence-corrected chi connectivity index (χ1v) is 12.7. The number of aliphatic carboxylic acids is 2. The molecule has 1 aliphatic heterocycles. The van der Waals surface area contributed by atoms with Crippen LogP contribution >= 0.6 is 0 Å². The van der Waals surface area contributed by atoms with Gasteiger partial charge in [0.2, 0.25) is 17.7 Å². The molecule has 1 aromatic heterocycles. The fourth-order valence-electron chi connectivity index (χ4n) is 4.72. The highest BCUT2D eigenvalue weighted by Gasteiger charge is 2.39. The number of rotatable bonds is 12. The summed E-state index contributed by atoms with van der Waals surface area (Å²) in [6, 6.07) is 2.97. The lowest BCUT2D eigenvalue weighted by molar-refractivity contribution is -0.150. The van der Waals surface area contributed by atoms with E-state index in [4.69, 9.17) is 5.73 Å². The molecule has 2 heterocycles. The minimum atomic E-state index is -1.48. The molecule has 1 aliphatic rings. The Kier molecular flexibility index (Phi) is 9.45. The molecule has 12 heteroatoms. The Hall–Kier alpha value is -3.93. The smallest absolute Gasteiger partial charge is 0.326 e. The molecule has 38 heavy (non-hydrogen) atoms. The van der Waals surface area contributed by atoms with Crippen molar-refractivity contribution >= 4 is 40.6 Å². The van der Waals surface area contributed by atoms with Crippen LogP contribution in [-0.4, -0.2) is 80.5 Å². The molecule has 2 aromatic rings. The molecule has 5 atom stereocenters. The number of carbonyl (C=O) groups is 5. The van der Waals surface area contributed by atoms with Crippen molar-refractivity contribution in [1.29, 1.82) is 0 Å². The molecule has 0 saturated carbocycles. The number of amides is 3. The molecule has 12 nitrogen and oxygen atoms in total. The summed E-state index contributed by atoms with van der Waals surface area (Å²) in [6.45, 7) is 3.71. The Balaban J connectivity index is 1.72. The van der Waals surface area contributed by atoms with Crippen molar-refractivity contribution in [2.75, 3.05) is 6.54 Å². The number of aromatic amines is 1. The minimum absolute atomic E-state index is 0.149. The zero-order valence-electron chi connectivity index (χ0n) is 21.5. The lowest BCUT2D eigenvalue weighted by Gasteiger charge is -2.29. The van der Waals surface area contributed by atoms with Gasteiger partial charge >= 0.3 is 11.9 Å². The molecule has 0 spiro atoms. The summed E-state index contributed by atoms with van der Waals surface area (Å²) >= 11 is 0. The highest BCUT2D eigenvalue weighted by atomic mass is 16.4. The Morgan fingerprint density at radius 1 is 1.13 bits per heavy atom. The summed E-state index contributed by atoms with van der Waals surface area (Å²) < 4.78 is 0. The number of carbonyl (C=O) groups excluding carboxylic acids is 3. The number of H-pyrrole nitrogens is 1. The van der Waals surface area contributed by atoms with Crippen LogP contribution in [0.1, 0.15) is 45.1 Å². The first-order chi connectivity index (χ1) is 18.0. The standard InChI is InChI=1S/C26H35N5O7/c1-3-14(2)22(30-23(34)17(27)11-15-13-28-18-8-5-4-7-16(15)18)24(35)29-19(12-21(32)33)25(36)31-10-6-9-20(31)26(37)38/h4-5,7-8,13-14,17,19-20,22,28H,3,6,9-12,27H2,1-2H3,(H,29,35)(H,30,34)(H,32,33)(H,37,38). The summed E-state index contributed by atoms with van der Waals surface area (Å²) in [5, 5.41) is 24.8. The molecule has 3 rings (SSSR count). The molecular weight excluding hydrogens is 494 g/mol. The number of fused-ring (bicyclic) bond motifs is 1. The number of nitrogens with two attached hydrogens (primary N) is 1. The van der Waals surface area contributed by atoms with Crippen LogP contribution in [0.5, 0.6) is 0 Å². The number of carboxylic acids is 2. The quantitative estimate of drug-likeness (QED) is 0.230. The summed E-state index contributed by atoms with van der Waals surface area (Å²) in [5.41, 5.74) is 7.93. The molecule has 0 bridgehead atoms. The van der Waals surface area contributed by atoms with Crippen LogP contribution in [0.4, 0.5) is 0 Å². The largest absolute Gasteiger partial charge is 0.481 e. The summed E-state index contributed by atoms with van der Waals surface area (Å²) in [5.74, 6) is -4.97. The number of para-hydroxylation sites is 1. The van der Waals surface area contributed by atoms with Crippen LogP contribution in [0.2, 0.25) is 0 Å². The van der Waals surface area contributed by atoms with Gasteiger partial charge in [-0.1, -0.05) is 38.5 Å². The highest BCUT2D eigenvalue weighted by Crippen LogP contribution is 2.21. The third-order valence-electron chi connectivity index (χ3n) is 7.06. The highest BCUT2D eigenvalue weighted by molar-refractivity contribution is 5.96. The second-order valence-electron chi connectivity index (χ2n) is 9.73. The van der Waals surface area contributed by atoms with Gasteiger partial charge in [0.1, 0.15) is 18.1 Å². The number of benzene rings is 1. The van der Waals surface area contributed by atoms with Crippen LogP contribution < -0.4 is 16.4 Å². The van der Waals surface area contributed by atoms with Crippen molar-refractivity contribution in [2.24, 2.45) is 11.7 Å². The maximum absolute atomic E-state index is 13.3. The zero-order valence-corrected chi connectivity index (χ0v) is 21.5. The van der Waals surface area contributed by atoms with Crippen molar-refractivity contribution in [1.82, 2.24) is 20.5 Å². The van der Waals surface area contributed by atoms with Crippen LogP contribution in [0.25, 0.3) is 10.9 Å². The molecule has 0 radical (unpaired) electrons. The van der Waals surface area contributed by atoms with Gasteiger partial charge in [-0.15, -0.1) is 0 Å². The second kappa shape index (κ2) is 12.5. The lowest BCUT2D eigenvalue weighted by atomic mass is 9.96. The number of nitrogens with one attached hydrogen (secondary N) is 3. The van der Waals surface area contributed by atoms with E-state index >= 15 is 0 Å². The Morgan fingerprint density at radius 2 is 1.84 bits per heavy atom. The van der Waals surface area contributed by atoms with E-state index in [1.165, 1.54) is 0 Å². The number of hydrogen-bond acceptors (Lipinski definition) is 6. The van der Waals surface area contributed by atoms with E-state index in [-0.39, 0.29) is 25.3 Å². The van der Waals surface area contributed by atoms with Gasteiger partial charge in [-0.25, -0.2) is 4.79 Å². The van der Waals surface area contributed by atoms with Gasteiger partial charge < -0.3 is 36.5 Å². The zero-order chi connectivity index (χ0) is 28.0. The lowest BCUT2D eigenvalue weighted by Crippen LogP contribution is -2.59. The molecule has 1 saturated heterocycles. The number of nitrogens with zero attached hydrogens (tertiary/aromatic N) is 1. The van der Waals surface area contributed by atoms with Crippen LogP contribution in [0.15, 0.2) is 30.5 Å². The van der Waals surface area contributed by atoms with Gasteiger partial charge in [-0.2, -0.15) is 0 Å². The number of hydrogen-bond donors (Lipinski definition) is 6. The third-order valence-corrected chi connectivity index (χ3v) is 7.06. The molecule has 1 aromatic carbocycles. The van der Waals surface area contributed by atoms with Gasteiger partial charge in [0.25, 0.3) is 0 Å². The van der Waals surface area contributed by atoms with E-state index < -0.39 is 60.2 Å². The van der Waals surface area contributed by atoms with Gasteiger partial charge in [-0.05, 0) is 36.8 Å². The number of aromatic nitrogens is 1. The predicted molar refractivity (Wildman–Crippen MR) is 138 cm³/mol. The van der Waals surface area contributed by atoms with Crippen molar-refractivity contribution in [3.05, 3.63) is 36.0 Å². The van der Waals surface area contributed by atoms with Gasteiger partial charge in [0, 0.05) is 23.6 Å². The van der Waals surface area contributed by atoms with E-state index in [0.717, 1.165) is 21.4 Å². The molecule has 5 unspecified atom stereocenters. The van der Waals surface area contributed by atoms with E-state index in [9.17, 15) is 34.2 Å². The monoisotopic (exact) mass is 529 g/mol. The first-order valence-electron chi connectivity index (χ1n) is 12.7. The second-order valence-corrected chi connectivity index (χ2v) is 9.73. The Labute approximate surface area is 219 Å². The third kappa shape index (κ3) is 6.68. The van der Waals surface area contributed by atoms with E-state index in [2.05, 4.69) is 15.6 Å². The van der Waals surface area contributed by atoms with E-state index in [0.29, 0.717) is 12.8 Å². The number of carboxylic acid groups (broad SMARTS) is 2. The average Bonchev–Trinajstić information content (AvgIpc) is 3.53. The molecule has 7 N–H and O–H groups in total. The summed E-state index contributed by atoms with van der Waals surface area (Å²) in [4.78, 5) is 66.6. The van der Waals surface area contributed by atoms with Gasteiger partial charge in [0.05, 0.1) is 12.5 Å². The van der Waals surface area contributed by atoms with E-state index in [1.54, 1.807) is 13.1 Å². The predicted octanol–water partition coefficient (Wildman–Crippen LogP) is 0.604. The first kappa shape index (κ1) is 28.6. The normalized spacial score (nSPS) is 18.4. The molecular formula is C26H35N5O7. The average molecular weight is 530 g/mol. The van der Waals surface area contributed by atoms with Crippen molar-refractivity contribution < 1.29 is 34.2 Å². The summed E-state index contributed by atoms with van der Waals surface area (Å²) in [7, 11) is 0. The fourth-order valence-corrected chi connectivity index (χ4v) is 4.72. The molecule has 1 fully saturated rings. The fraction of sp³-hybridized carbons (Fsp3) is 0.500. The van der Waals surface area contributed by atoms with Crippen LogP contribution in [0, 0.1) is 5.92 Å². The Morgan fingerprint density at radius 3 is 2.50 bits per heavy atom. The van der Waals surface area contributed by atoms with Gasteiger partial charge in [0.15, 0.2) is 0 Å². The molecule has 3 amide bonds. The maximum atomic E-state index is 13.3.